The van der Waals surface area contributed by atoms with E-state index in [2.05, 4.69) is 44.2 Å². The molecule has 3 atom stereocenters. The lowest BCUT2D eigenvalue weighted by atomic mass is 9.84. The molecule has 0 aliphatic carbocycles. The molecule has 0 bridgehead atoms. The van der Waals surface area contributed by atoms with E-state index in [1.807, 2.05) is 5.01 Å². The average molecular weight is 218 g/mol. The lowest BCUT2D eigenvalue weighted by molar-refractivity contribution is 0.0705. The third-order valence-corrected chi connectivity index (χ3v) is 3.73. The Balaban J connectivity index is 1.97. The molecule has 1 unspecified atom stereocenters. The first kappa shape index (κ1) is 11.6. The molecule has 0 radical (unpaired) electrons. The molecule has 16 heavy (non-hydrogen) atoms. The topological polar surface area (TPSA) is 29.3 Å². The summed E-state index contributed by atoms with van der Waals surface area (Å²) < 4.78 is 0. The van der Waals surface area contributed by atoms with Gasteiger partial charge in [-0.05, 0) is 44.6 Å². The Labute approximate surface area is 98.4 Å². The zero-order valence-corrected chi connectivity index (χ0v) is 10.3. The number of hydrogen-bond acceptors (Lipinski definition) is 2. The Morgan fingerprint density at radius 3 is 2.25 bits per heavy atom. The SMILES string of the molecule is C[C@@H]1CC(Cc2ccccc2)C[C@H](C)N1N. The first-order valence-corrected chi connectivity index (χ1v) is 6.23. The van der Waals surface area contributed by atoms with E-state index in [0.717, 1.165) is 5.92 Å². The summed E-state index contributed by atoms with van der Waals surface area (Å²) >= 11 is 0. The van der Waals surface area contributed by atoms with Crippen molar-refractivity contribution in [1.82, 2.24) is 5.01 Å². The quantitative estimate of drug-likeness (QED) is 0.773. The predicted octanol–water partition coefficient (Wildman–Crippen LogP) is 2.59. The summed E-state index contributed by atoms with van der Waals surface area (Å²) in [6, 6.07) is 11.8. The molecule has 1 saturated heterocycles. The first-order valence-electron chi connectivity index (χ1n) is 6.23. The highest BCUT2D eigenvalue weighted by atomic mass is 15.4. The van der Waals surface area contributed by atoms with Crippen molar-refractivity contribution in [2.75, 3.05) is 0 Å². The van der Waals surface area contributed by atoms with Gasteiger partial charge >= 0.3 is 0 Å². The summed E-state index contributed by atoms with van der Waals surface area (Å²) in [6.45, 7) is 4.46. The molecule has 0 amide bonds. The third kappa shape index (κ3) is 2.63. The summed E-state index contributed by atoms with van der Waals surface area (Å²) in [7, 11) is 0. The highest BCUT2D eigenvalue weighted by Gasteiger charge is 2.28. The van der Waals surface area contributed by atoms with Crippen molar-refractivity contribution in [2.45, 2.75) is 45.2 Å². The van der Waals surface area contributed by atoms with Gasteiger partial charge in [-0.1, -0.05) is 30.3 Å². The van der Waals surface area contributed by atoms with Gasteiger partial charge in [-0.3, -0.25) is 5.84 Å². The molecule has 88 valence electrons. The van der Waals surface area contributed by atoms with Crippen LogP contribution < -0.4 is 5.84 Å². The molecule has 2 heteroatoms. The zero-order valence-electron chi connectivity index (χ0n) is 10.3. The van der Waals surface area contributed by atoms with E-state index >= 15 is 0 Å². The fourth-order valence-electron chi connectivity index (χ4n) is 2.85. The molecule has 1 aliphatic heterocycles. The number of hydrazine groups is 1. The average Bonchev–Trinajstić information content (AvgIpc) is 2.27. The van der Waals surface area contributed by atoms with Crippen molar-refractivity contribution in [3.63, 3.8) is 0 Å². The Hall–Kier alpha value is -0.860. The van der Waals surface area contributed by atoms with Crippen molar-refractivity contribution in [3.8, 4) is 0 Å². The molecule has 2 nitrogen and oxygen atoms in total. The molecule has 0 spiro atoms. The maximum absolute atomic E-state index is 6.01. The van der Waals surface area contributed by atoms with Crippen LogP contribution in [0.25, 0.3) is 0 Å². The second kappa shape index (κ2) is 4.98. The number of nitrogens with two attached hydrogens (primary N) is 1. The lowest BCUT2D eigenvalue weighted by Crippen LogP contribution is -2.51. The predicted molar refractivity (Wildman–Crippen MR) is 67.8 cm³/mol. The van der Waals surface area contributed by atoms with Crippen LogP contribution in [0, 0.1) is 5.92 Å². The van der Waals surface area contributed by atoms with Gasteiger partial charge in [0.1, 0.15) is 0 Å². The smallest absolute Gasteiger partial charge is 0.0218 e. The van der Waals surface area contributed by atoms with Crippen LogP contribution in [0.3, 0.4) is 0 Å². The van der Waals surface area contributed by atoms with Gasteiger partial charge in [0.25, 0.3) is 0 Å². The van der Waals surface area contributed by atoms with E-state index in [9.17, 15) is 0 Å². The Morgan fingerprint density at radius 1 is 1.12 bits per heavy atom. The van der Waals surface area contributed by atoms with Crippen LogP contribution in [-0.4, -0.2) is 17.1 Å². The van der Waals surface area contributed by atoms with E-state index in [4.69, 9.17) is 5.84 Å². The minimum absolute atomic E-state index is 0.512. The standard InChI is InChI=1S/C14H22N2/c1-11-8-14(9-12(2)16(11)15)10-13-6-4-3-5-7-13/h3-7,11-12,14H,8-10,15H2,1-2H3/t11-,12+,14?. The first-order chi connectivity index (χ1) is 7.66. The Kier molecular flexibility index (Phi) is 3.62. The van der Waals surface area contributed by atoms with Gasteiger partial charge in [-0.15, -0.1) is 0 Å². The Bertz CT molecular complexity index is 311. The fraction of sp³-hybridized carbons (Fsp3) is 0.571. The van der Waals surface area contributed by atoms with Crippen LogP contribution in [0.5, 0.6) is 0 Å². The molecule has 1 aromatic rings. The third-order valence-electron chi connectivity index (χ3n) is 3.73. The number of piperidine rings is 1. The summed E-state index contributed by atoms with van der Waals surface area (Å²) in [5.74, 6) is 6.80. The molecule has 1 heterocycles. The van der Waals surface area contributed by atoms with Crippen molar-refractivity contribution in [2.24, 2.45) is 11.8 Å². The molecule has 0 saturated carbocycles. The van der Waals surface area contributed by atoms with Gasteiger partial charge in [0.2, 0.25) is 0 Å². The van der Waals surface area contributed by atoms with E-state index in [1.54, 1.807) is 0 Å². The summed E-state index contributed by atoms with van der Waals surface area (Å²) in [4.78, 5) is 0. The van der Waals surface area contributed by atoms with Crippen molar-refractivity contribution in [3.05, 3.63) is 35.9 Å². The van der Waals surface area contributed by atoms with Crippen LogP contribution in [0.4, 0.5) is 0 Å². The van der Waals surface area contributed by atoms with E-state index in [0.29, 0.717) is 12.1 Å². The number of benzene rings is 1. The van der Waals surface area contributed by atoms with Crippen LogP contribution >= 0.6 is 0 Å². The molecule has 1 aliphatic rings. The van der Waals surface area contributed by atoms with Crippen LogP contribution in [-0.2, 0) is 6.42 Å². The minimum Gasteiger partial charge on any atom is -0.268 e. The number of nitrogens with zero attached hydrogens (tertiary/aromatic N) is 1. The van der Waals surface area contributed by atoms with Gasteiger partial charge in [0, 0.05) is 12.1 Å². The maximum atomic E-state index is 6.01. The monoisotopic (exact) mass is 218 g/mol. The molecular formula is C14H22N2. The van der Waals surface area contributed by atoms with E-state index < -0.39 is 0 Å². The van der Waals surface area contributed by atoms with E-state index in [1.165, 1.54) is 24.8 Å². The Morgan fingerprint density at radius 2 is 1.69 bits per heavy atom. The highest BCUT2D eigenvalue weighted by molar-refractivity contribution is 5.15. The highest BCUT2D eigenvalue weighted by Crippen LogP contribution is 2.27. The fourth-order valence-corrected chi connectivity index (χ4v) is 2.85. The van der Waals surface area contributed by atoms with Crippen LogP contribution in [0.2, 0.25) is 0 Å². The second-order valence-electron chi connectivity index (χ2n) is 5.17. The van der Waals surface area contributed by atoms with Crippen molar-refractivity contribution >= 4 is 0 Å². The van der Waals surface area contributed by atoms with Gasteiger partial charge < -0.3 is 0 Å². The number of rotatable bonds is 2. The van der Waals surface area contributed by atoms with Gasteiger partial charge in [0.15, 0.2) is 0 Å². The summed E-state index contributed by atoms with van der Waals surface area (Å²) in [6.07, 6.45) is 3.63. The van der Waals surface area contributed by atoms with Gasteiger partial charge in [-0.25, -0.2) is 5.01 Å². The van der Waals surface area contributed by atoms with Crippen molar-refractivity contribution in [1.29, 1.82) is 0 Å². The van der Waals surface area contributed by atoms with Crippen LogP contribution in [0.15, 0.2) is 30.3 Å². The molecule has 2 rings (SSSR count). The van der Waals surface area contributed by atoms with E-state index in [-0.39, 0.29) is 0 Å². The largest absolute Gasteiger partial charge is 0.268 e. The zero-order chi connectivity index (χ0) is 11.5. The molecule has 0 aromatic heterocycles. The molecular weight excluding hydrogens is 196 g/mol. The van der Waals surface area contributed by atoms with Gasteiger partial charge in [-0.2, -0.15) is 0 Å². The number of hydrogen-bond donors (Lipinski definition) is 1. The maximum Gasteiger partial charge on any atom is 0.0218 e. The van der Waals surface area contributed by atoms with Crippen LogP contribution in [0.1, 0.15) is 32.3 Å². The molecule has 2 N–H and O–H groups in total. The molecule has 1 aromatic carbocycles. The van der Waals surface area contributed by atoms with Gasteiger partial charge in [0.05, 0.1) is 0 Å². The van der Waals surface area contributed by atoms with Crippen molar-refractivity contribution < 1.29 is 0 Å². The minimum atomic E-state index is 0.512. The normalized spacial score (nSPS) is 31.6. The summed E-state index contributed by atoms with van der Waals surface area (Å²) in [5, 5.41) is 2.02. The molecule has 1 fully saturated rings. The lowest BCUT2D eigenvalue weighted by Gasteiger charge is -2.39. The summed E-state index contributed by atoms with van der Waals surface area (Å²) in [5.41, 5.74) is 1.46. The second-order valence-corrected chi connectivity index (χ2v) is 5.17.